The molecular formula is C30H19Cl2F6N3O. The molecule has 1 atom stereocenters. The highest BCUT2D eigenvalue weighted by molar-refractivity contribution is 6.32. The quantitative estimate of drug-likeness (QED) is 0.227. The Morgan fingerprint density at radius 3 is 1.98 bits per heavy atom. The maximum atomic E-state index is 13.5. The molecule has 1 N–H and O–H groups in total. The maximum Gasteiger partial charge on any atom is 0.417 e. The van der Waals surface area contributed by atoms with Gasteiger partial charge >= 0.3 is 18.4 Å². The number of alkyl halides is 6. The predicted molar refractivity (Wildman–Crippen MR) is 149 cm³/mol. The molecule has 1 aliphatic rings. The standard InChI is InChI=1S/C30H19Cl2F6N3O/c31-22-11-7-20(8-12-22)28(19-4-2-1-3-5-19)17-41(27(42)39-23-13-9-21(10-14-23)29(33,34)35)40-26(28)18-6-15-24(25(32)16-18)30(36,37)38/h1-16H,17H2,(H,39,42). The molecule has 5 rings (SSSR count). The van der Waals surface area contributed by atoms with Crippen molar-refractivity contribution in [1.82, 2.24) is 5.01 Å². The SMILES string of the molecule is O=C(Nc1ccc(C(F)(F)F)cc1)N1CC(c2ccccc2)(c2ccc(Cl)cc2)C(c2ccc(C(F)(F)F)c(Cl)c2)=N1. The molecule has 0 saturated carbocycles. The summed E-state index contributed by atoms with van der Waals surface area (Å²) in [6.45, 7) is -0.0981. The monoisotopic (exact) mass is 621 g/mol. The maximum absolute atomic E-state index is 13.5. The van der Waals surface area contributed by atoms with E-state index in [9.17, 15) is 31.1 Å². The molecule has 1 unspecified atom stereocenters. The van der Waals surface area contributed by atoms with Crippen LogP contribution in [0.15, 0.2) is 102 Å². The molecule has 4 aromatic carbocycles. The Morgan fingerprint density at radius 1 is 0.786 bits per heavy atom. The largest absolute Gasteiger partial charge is 0.417 e. The number of hydrogen-bond acceptors (Lipinski definition) is 2. The minimum absolute atomic E-state index is 0.0889. The van der Waals surface area contributed by atoms with E-state index >= 15 is 0 Å². The van der Waals surface area contributed by atoms with Gasteiger partial charge in [-0.05, 0) is 59.7 Å². The lowest BCUT2D eigenvalue weighted by Gasteiger charge is -2.32. The van der Waals surface area contributed by atoms with E-state index in [0.717, 1.165) is 41.4 Å². The third-order valence-corrected chi connectivity index (χ3v) is 7.43. The van der Waals surface area contributed by atoms with Gasteiger partial charge in [-0.2, -0.15) is 31.4 Å². The van der Waals surface area contributed by atoms with Crippen LogP contribution in [0.3, 0.4) is 0 Å². The number of benzene rings is 4. The van der Waals surface area contributed by atoms with Crippen molar-refractivity contribution >= 4 is 40.6 Å². The summed E-state index contributed by atoms with van der Waals surface area (Å²) >= 11 is 12.2. The van der Waals surface area contributed by atoms with Crippen molar-refractivity contribution in [3.05, 3.63) is 135 Å². The highest BCUT2D eigenvalue weighted by Crippen LogP contribution is 2.43. The zero-order chi connectivity index (χ0) is 30.3. The number of hydrogen-bond donors (Lipinski definition) is 1. The third-order valence-electron chi connectivity index (χ3n) is 6.86. The van der Waals surface area contributed by atoms with Gasteiger partial charge in [0, 0.05) is 16.3 Å². The number of amides is 2. The van der Waals surface area contributed by atoms with Crippen LogP contribution in [0.4, 0.5) is 36.8 Å². The average molecular weight is 622 g/mol. The first kappa shape index (κ1) is 29.5. The van der Waals surface area contributed by atoms with Crippen molar-refractivity contribution in [2.75, 3.05) is 11.9 Å². The van der Waals surface area contributed by atoms with Crippen LogP contribution in [0.1, 0.15) is 27.8 Å². The number of carbonyl (C=O) groups is 1. The number of nitrogens with zero attached hydrogens (tertiary/aromatic N) is 2. The van der Waals surface area contributed by atoms with Crippen molar-refractivity contribution in [3.8, 4) is 0 Å². The molecule has 2 amide bonds. The zero-order valence-electron chi connectivity index (χ0n) is 21.3. The van der Waals surface area contributed by atoms with Gasteiger partial charge in [-0.15, -0.1) is 0 Å². The fourth-order valence-corrected chi connectivity index (χ4v) is 5.28. The van der Waals surface area contributed by atoms with Crippen molar-refractivity contribution in [2.24, 2.45) is 5.10 Å². The summed E-state index contributed by atoms with van der Waals surface area (Å²) in [7, 11) is 0. The van der Waals surface area contributed by atoms with Gasteiger partial charge in [-0.3, -0.25) is 0 Å². The van der Waals surface area contributed by atoms with Gasteiger partial charge in [0.15, 0.2) is 0 Å². The molecule has 0 aromatic heterocycles. The van der Waals surface area contributed by atoms with Gasteiger partial charge in [0.05, 0.1) is 33.8 Å². The summed E-state index contributed by atoms with van der Waals surface area (Å²) in [6.07, 6.45) is -9.24. The second-order valence-corrected chi connectivity index (χ2v) is 10.3. The van der Waals surface area contributed by atoms with Crippen LogP contribution in [0.2, 0.25) is 10.0 Å². The summed E-state index contributed by atoms with van der Waals surface area (Å²) in [6, 6.07) is 22.0. The number of urea groups is 1. The van der Waals surface area contributed by atoms with Crippen LogP contribution in [0.5, 0.6) is 0 Å². The molecule has 1 heterocycles. The molecule has 216 valence electrons. The minimum atomic E-state index is -4.69. The average Bonchev–Trinajstić information content (AvgIpc) is 3.35. The van der Waals surface area contributed by atoms with Crippen molar-refractivity contribution < 1.29 is 31.1 Å². The van der Waals surface area contributed by atoms with Crippen LogP contribution in [-0.4, -0.2) is 23.3 Å². The fraction of sp³-hybridized carbons (Fsp3) is 0.133. The van der Waals surface area contributed by atoms with Gasteiger partial charge in [-0.25, -0.2) is 9.80 Å². The van der Waals surface area contributed by atoms with E-state index in [1.165, 1.54) is 6.07 Å². The highest BCUT2D eigenvalue weighted by atomic mass is 35.5. The molecule has 0 spiro atoms. The molecule has 12 heteroatoms. The molecule has 0 radical (unpaired) electrons. The Hall–Kier alpha value is -4.02. The normalized spacial score (nSPS) is 17.2. The Balaban J connectivity index is 1.63. The molecule has 4 aromatic rings. The first-order chi connectivity index (χ1) is 19.8. The number of rotatable bonds is 4. The second-order valence-electron chi connectivity index (χ2n) is 9.48. The van der Waals surface area contributed by atoms with Crippen molar-refractivity contribution in [1.29, 1.82) is 0 Å². The molecule has 0 saturated heterocycles. The third kappa shape index (κ3) is 5.69. The highest BCUT2D eigenvalue weighted by Gasteiger charge is 2.48. The van der Waals surface area contributed by atoms with Crippen LogP contribution in [-0.2, 0) is 17.8 Å². The number of hydrazone groups is 1. The summed E-state index contributed by atoms with van der Waals surface area (Å²) in [5.41, 5.74) is -1.24. The lowest BCUT2D eigenvalue weighted by molar-refractivity contribution is -0.138. The van der Waals surface area contributed by atoms with Gasteiger partial charge < -0.3 is 5.32 Å². The smallest absolute Gasteiger partial charge is 0.306 e. The Bertz CT molecular complexity index is 1640. The molecule has 0 bridgehead atoms. The van der Waals surface area contributed by atoms with E-state index in [2.05, 4.69) is 10.4 Å². The van der Waals surface area contributed by atoms with Gasteiger partial charge in [0.1, 0.15) is 0 Å². The van der Waals surface area contributed by atoms with Crippen LogP contribution < -0.4 is 5.32 Å². The van der Waals surface area contributed by atoms with Gasteiger partial charge in [-0.1, -0.05) is 71.7 Å². The van der Waals surface area contributed by atoms with E-state index in [0.29, 0.717) is 16.1 Å². The van der Waals surface area contributed by atoms with E-state index in [1.54, 1.807) is 54.6 Å². The van der Waals surface area contributed by atoms with E-state index in [-0.39, 0.29) is 23.5 Å². The van der Waals surface area contributed by atoms with E-state index < -0.39 is 39.9 Å². The van der Waals surface area contributed by atoms with E-state index in [1.807, 2.05) is 0 Å². The molecular weight excluding hydrogens is 603 g/mol. The van der Waals surface area contributed by atoms with Gasteiger partial charge in [0.2, 0.25) is 0 Å². The van der Waals surface area contributed by atoms with Crippen LogP contribution in [0.25, 0.3) is 0 Å². The summed E-state index contributed by atoms with van der Waals surface area (Å²) in [5, 5.41) is 8.07. The first-order valence-electron chi connectivity index (χ1n) is 12.3. The second kappa shape index (κ2) is 11.0. The molecule has 4 nitrogen and oxygen atoms in total. The van der Waals surface area contributed by atoms with E-state index in [4.69, 9.17) is 23.2 Å². The lowest BCUT2D eigenvalue weighted by atomic mass is 9.69. The minimum Gasteiger partial charge on any atom is -0.306 e. The lowest BCUT2D eigenvalue weighted by Crippen LogP contribution is -2.42. The van der Waals surface area contributed by atoms with Crippen molar-refractivity contribution in [3.63, 3.8) is 0 Å². The molecule has 1 aliphatic heterocycles. The molecule has 0 aliphatic carbocycles. The predicted octanol–water partition coefficient (Wildman–Crippen LogP) is 9.27. The Kier molecular flexibility index (Phi) is 7.72. The summed E-state index contributed by atoms with van der Waals surface area (Å²) in [4.78, 5) is 13.4. The number of nitrogens with one attached hydrogen (secondary N) is 1. The van der Waals surface area contributed by atoms with Gasteiger partial charge in [0.25, 0.3) is 0 Å². The van der Waals surface area contributed by atoms with Crippen LogP contribution >= 0.6 is 23.2 Å². The summed E-state index contributed by atoms with van der Waals surface area (Å²) < 4.78 is 79.4. The topological polar surface area (TPSA) is 44.7 Å². The zero-order valence-corrected chi connectivity index (χ0v) is 22.8. The first-order valence-corrected chi connectivity index (χ1v) is 13.1. The Morgan fingerprint density at radius 2 is 1.40 bits per heavy atom. The van der Waals surface area contributed by atoms with Crippen LogP contribution in [0, 0.1) is 0 Å². The molecule has 0 fully saturated rings. The number of anilines is 1. The fourth-order valence-electron chi connectivity index (χ4n) is 4.86. The Labute approximate surface area is 246 Å². The van der Waals surface area contributed by atoms with Crippen molar-refractivity contribution in [2.45, 2.75) is 17.8 Å². The summed E-state index contributed by atoms with van der Waals surface area (Å²) in [5.74, 6) is 0. The number of carbonyl (C=O) groups excluding carboxylic acids is 1. The molecule has 42 heavy (non-hydrogen) atoms. The number of halogens is 8.